The molecule has 12 aromatic rings. The molecule has 0 aliphatic carbocycles. The highest BCUT2D eigenvalue weighted by molar-refractivity contribution is 6.28. The van der Waals surface area contributed by atoms with Gasteiger partial charge in [0.25, 0.3) is 0 Å². The molecule has 0 radical (unpaired) electrons. The van der Waals surface area contributed by atoms with Crippen LogP contribution in [0.2, 0.25) is 0 Å². The Balaban J connectivity index is 1.07. The number of hydrogen-bond acceptors (Lipinski definition) is 2. The van der Waals surface area contributed by atoms with Crippen LogP contribution in [0.3, 0.4) is 0 Å². The second-order valence-electron chi connectivity index (χ2n) is 20.1. The van der Waals surface area contributed by atoms with Crippen molar-refractivity contribution in [1.82, 2.24) is 0 Å². The Morgan fingerprint density at radius 3 is 0.931 bits per heavy atom. The molecular formula is C70H56N2. The highest BCUT2D eigenvalue weighted by Gasteiger charge is 2.28. The first-order chi connectivity index (χ1) is 35.3. The summed E-state index contributed by atoms with van der Waals surface area (Å²) in [6.07, 6.45) is 0. The lowest BCUT2D eigenvalue weighted by Crippen LogP contribution is -2.19. The average Bonchev–Trinajstić information content (AvgIpc) is 3.45. The van der Waals surface area contributed by atoms with Gasteiger partial charge in [-0.15, -0.1) is 0 Å². The first-order valence-electron chi connectivity index (χ1n) is 25.2. The molecule has 12 aromatic carbocycles. The van der Waals surface area contributed by atoms with Gasteiger partial charge < -0.3 is 9.80 Å². The summed E-state index contributed by atoms with van der Waals surface area (Å²) >= 11 is 0. The molecule has 72 heavy (non-hydrogen) atoms. The lowest BCUT2D eigenvalue weighted by atomic mass is 9.78. The summed E-state index contributed by atoms with van der Waals surface area (Å²) in [5, 5.41) is 7.33. The molecule has 0 unspecified atom stereocenters. The van der Waals surface area contributed by atoms with Crippen molar-refractivity contribution in [2.24, 2.45) is 0 Å². The molecule has 0 saturated carbocycles. The summed E-state index contributed by atoms with van der Waals surface area (Å²) in [4.78, 5) is 4.96. The Morgan fingerprint density at radius 2 is 0.556 bits per heavy atom. The molecule has 0 aliphatic heterocycles. The smallest absolute Gasteiger partial charge is 0.0540 e. The molecule has 0 amide bonds. The van der Waals surface area contributed by atoms with Crippen molar-refractivity contribution in [3.05, 3.63) is 289 Å². The van der Waals surface area contributed by atoms with E-state index in [1.165, 1.54) is 76.8 Å². The van der Waals surface area contributed by atoms with Gasteiger partial charge >= 0.3 is 0 Å². The Labute approximate surface area is 424 Å². The van der Waals surface area contributed by atoms with Crippen LogP contribution < -0.4 is 9.80 Å². The van der Waals surface area contributed by atoms with Crippen molar-refractivity contribution < 1.29 is 0 Å². The second-order valence-corrected chi connectivity index (χ2v) is 20.1. The fraction of sp³-hybridized carbons (Fsp3) is 0.0857. The van der Waals surface area contributed by atoms with Gasteiger partial charge in [0.05, 0.1) is 22.7 Å². The third-order valence-corrected chi connectivity index (χ3v) is 15.2. The fourth-order valence-electron chi connectivity index (χ4n) is 11.1. The van der Waals surface area contributed by atoms with Crippen LogP contribution in [0.5, 0.6) is 0 Å². The molecule has 0 spiro atoms. The van der Waals surface area contributed by atoms with E-state index >= 15 is 0 Å². The Bertz CT molecular complexity index is 3570. The number of benzene rings is 12. The highest BCUT2D eigenvalue weighted by Crippen LogP contribution is 2.50. The molecule has 0 aliphatic rings. The number of rotatable bonds is 12. The largest absolute Gasteiger partial charge is 0.309 e. The maximum Gasteiger partial charge on any atom is 0.0540 e. The highest BCUT2D eigenvalue weighted by atomic mass is 15.2. The fourth-order valence-corrected chi connectivity index (χ4v) is 11.1. The van der Waals surface area contributed by atoms with E-state index in [4.69, 9.17) is 0 Å². The SMILES string of the molecule is CC(C)(c1ccccc1)c1ccc(N(c2ccccc2-c2ccccc2)c2ccc3ccc4c(N(c5ccc(C(C)(C)c6ccccc6)cc5)c5ccccc5-c5ccccc5)ccc5ccc2c3c54)cc1. The molecule has 2 nitrogen and oxygen atoms in total. The van der Waals surface area contributed by atoms with E-state index in [0.717, 1.165) is 34.1 Å². The van der Waals surface area contributed by atoms with Crippen molar-refractivity contribution in [2.75, 3.05) is 9.80 Å². The average molecular weight is 925 g/mol. The van der Waals surface area contributed by atoms with Gasteiger partial charge in [0, 0.05) is 44.1 Å². The summed E-state index contributed by atoms with van der Waals surface area (Å²) in [5.74, 6) is 0. The minimum atomic E-state index is -0.173. The van der Waals surface area contributed by atoms with E-state index in [0.29, 0.717) is 0 Å². The van der Waals surface area contributed by atoms with Gasteiger partial charge in [-0.05, 0) is 103 Å². The van der Waals surface area contributed by atoms with Gasteiger partial charge in [-0.25, -0.2) is 0 Å². The zero-order chi connectivity index (χ0) is 48.8. The first kappa shape index (κ1) is 44.5. The van der Waals surface area contributed by atoms with Crippen molar-refractivity contribution in [1.29, 1.82) is 0 Å². The molecule has 0 saturated heterocycles. The zero-order valence-electron chi connectivity index (χ0n) is 41.3. The number of para-hydroxylation sites is 2. The van der Waals surface area contributed by atoms with E-state index in [1.807, 2.05) is 0 Å². The lowest BCUT2D eigenvalue weighted by molar-refractivity contribution is 0.641. The second kappa shape index (κ2) is 18.2. The molecule has 12 rings (SSSR count). The van der Waals surface area contributed by atoms with Crippen LogP contribution in [-0.2, 0) is 10.8 Å². The Hall–Kier alpha value is -8.72. The summed E-state index contributed by atoms with van der Waals surface area (Å²) < 4.78 is 0. The minimum Gasteiger partial charge on any atom is -0.309 e. The van der Waals surface area contributed by atoms with Crippen molar-refractivity contribution >= 4 is 66.4 Å². The van der Waals surface area contributed by atoms with Crippen molar-refractivity contribution in [3.63, 3.8) is 0 Å². The van der Waals surface area contributed by atoms with Crippen LogP contribution in [0.25, 0.3) is 54.6 Å². The normalized spacial score (nSPS) is 11.9. The summed E-state index contributed by atoms with van der Waals surface area (Å²) in [7, 11) is 0. The predicted octanol–water partition coefficient (Wildman–Crippen LogP) is 19.5. The minimum absolute atomic E-state index is 0.173. The molecule has 0 fully saturated rings. The van der Waals surface area contributed by atoms with Crippen LogP contribution in [0.1, 0.15) is 49.9 Å². The molecule has 0 N–H and O–H groups in total. The van der Waals surface area contributed by atoms with Gasteiger partial charge in [-0.1, -0.05) is 246 Å². The Kier molecular flexibility index (Phi) is 11.3. The molecule has 0 heterocycles. The van der Waals surface area contributed by atoms with Gasteiger partial charge in [0.1, 0.15) is 0 Å². The standard InChI is InChI=1S/C70H56N2/c1-69(2,53-25-13-7-14-26-53)55-37-41-57(42-38-55)71(63-31-19-17-29-59(63)49-21-9-5-10-22-49)65-47-35-51-34-46-62-66(48-36-52-33-45-61(65)67(51)68(52)62)72(64-32-20-18-30-60(64)50-23-11-6-12-24-50)58-43-39-56(40-44-58)70(3,4)54-27-15-8-16-28-54/h5-48H,1-4H3. The Morgan fingerprint density at radius 1 is 0.250 bits per heavy atom. The molecule has 0 bridgehead atoms. The van der Waals surface area contributed by atoms with Crippen LogP contribution in [-0.4, -0.2) is 0 Å². The molecule has 0 atom stereocenters. The van der Waals surface area contributed by atoms with E-state index < -0.39 is 0 Å². The summed E-state index contributed by atoms with van der Waals surface area (Å²) in [6.45, 7) is 9.27. The molecule has 0 aromatic heterocycles. The number of nitrogens with zero attached hydrogens (tertiary/aromatic N) is 2. The maximum absolute atomic E-state index is 2.48. The van der Waals surface area contributed by atoms with E-state index in [-0.39, 0.29) is 10.8 Å². The van der Waals surface area contributed by atoms with Gasteiger partial charge in [-0.2, -0.15) is 0 Å². The third kappa shape index (κ3) is 7.77. The van der Waals surface area contributed by atoms with Gasteiger partial charge in [-0.3, -0.25) is 0 Å². The van der Waals surface area contributed by atoms with Crippen LogP contribution in [0.15, 0.2) is 267 Å². The van der Waals surface area contributed by atoms with Crippen molar-refractivity contribution in [3.8, 4) is 22.3 Å². The zero-order valence-corrected chi connectivity index (χ0v) is 41.3. The maximum atomic E-state index is 2.48. The quantitative estimate of drug-likeness (QED) is 0.113. The van der Waals surface area contributed by atoms with Crippen LogP contribution in [0, 0.1) is 0 Å². The van der Waals surface area contributed by atoms with E-state index in [9.17, 15) is 0 Å². The molecule has 346 valence electrons. The summed E-state index contributed by atoms with van der Waals surface area (Å²) in [5.41, 5.74) is 16.2. The molecule has 2 heteroatoms. The molecular weight excluding hydrogens is 869 g/mol. The van der Waals surface area contributed by atoms with Crippen LogP contribution >= 0.6 is 0 Å². The van der Waals surface area contributed by atoms with Crippen LogP contribution in [0.4, 0.5) is 34.1 Å². The monoisotopic (exact) mass is 924 g/mol. The van der Waals surface area contributed by atoms with E-state index in [1.54, 1.807) is 0 Å². The predicted molar refractivity (Wildman–Crippen MR) is 308 cm³/mol. The van der Waals surface area contributed by atoms with E-state index in [2.05, 4.69) is 304 Å². The third-order valence-electron chi connectivity index (χ3n) is 15.2. The van der Waals surface area contributed by atoms with Gasteiger partial charge in [0.15, 0.2) is 0 Å². The topological polar surface area (TPSA) is 6.48 Å². The lowest BCUT2D eigenvalue weighted by Gasteiger charge is -2.32. The van der Waals surface area contributed by atoms with Gasteiger partial charge in [0.2, 0.25) is 0 Å². The summed E-state index contributed by atoms with van der Waals surface area (Å²) in [6, 6.07) is 98.1. The number of anilines is 6. The number of hydrogen-bond donors (Lipinski definition) is 0. The first-order valence-corrected chi connectivity index (χ1v) is 25.2. The van der Waals surface area contributed by atoms with Crippen molar-refractivity contribution in [2.45, 2.75) is 38.5 Å².